The lowest BCUT2D eigenvalue weighted by Crippen LogP contribution is -1.89. The normalized spacial score (nSPS) is 10.8. The van der Waals surface area contributed by atoms with Gasteiger partial charge in [0.15, 0.2) is 0 Å². The first kappa shape index (κ1) is 90.4. The summed E-state index contributed by atoms with van der Waals surface area (Å²) < 4.78 is 0. The third-order valence-corrected chi connectivity index (χ3v) is 26.8. The Labute approximate surface area is 709 Å². The molecule has 14 aromatic rings. The minimum absolute atomic E-state index is 0.957. The van der Waals surface area contributed by atoms with Crippen molar-refractivity contribution in [1.29, 1.82) is 0 Å². The van der Waals surface area contributed by atoms with E-state index < -0.39 is 0 Å². The monoisotopic (exact) mass is 1730 g/mol. The maximum atomic E-state index is 2.87. The third kappa shape index (κ3) is 25.8. The van der Waals surface area contributed by atoms with Crippen molar-refractivity contribution >= 4 is 129 Å². The molecule has 0 saturated carbocycles. The van der Waals surface area contributed by atoms with E-state index in [4.69, 9.17) is 0 Å². The minimum atomic E-state index is 0.957. The van der Waals surface area contributed by atoms with Gasteiger partial charge in [-0.2, -0.15) is 0 Å². The van der Waals surface area contributed by atoms with Gasteiger partial charge in [0, 0.05) is 0 Å². The molecule has 0 saturated heterocycles. The van der Waals surface area contributed by atoms with Crippen LogP contribution in [0.5, 0.6) is 0 Å². The van der Waals surface area contributed by atoms with Gasteiger partial charge in [-0.1, -0.05) is 303 Å². The fraction of sp³-hybridized carbons (Fsp3) is 0.152. The van der Waals surface area contributed by atoms with E-state index in [2.05, 4.69) is 446 Å². The first-order valence-corrected chi connectivity index (χ1v) is 49.9. The molecule has 0 amide bonds. The zero-order valence-electron chi connectivity index (χ0n) is 64.9. The van der Waals surface area contributed by atoms with Gasteiger partial charge in [-0.15, -0.1) is 129 Å². The fourth-order valence-corrected chi connectivity index (χ4v) is 17.7. The zero-order chi connectivity index (χ0) is 80.0. The molecule has 0 heterocycles. The Morgan fingerprint density at radius 2 is 0.363 bits per heavy atom. The Bertz CT molecular complexity index is 5280. The number of aryl methyl sites for hydroxylation is 1. The lowest BCUT2D eigenvalue weighted by molar-refractivity contribution is 1.33. The second-order valence-electron chi connectivity index (χ2n) is 27.8. The Kier molecular flexibility index (Phi) is 38.1. The lowest BCUT2D eigenvalue weighted by Gasteiger charge is -2.12. The topological polar surface area (TPSA) is 0 Å². The van der Waals surface area contributed by atoms with Crippen LogP contribution >= 0.6 is 129 Å². The maximum Gasteiger partial charge on any atom is -0.0122 e. The van der Waals surface area contributed by atoms with Gasteiger partial charge in [-0.3, -0.25) is 0 Å². The Morgan fingerprint density at radius 1 is 0.142 bits per heavy atom. The molecule has 14 unspecified atom stereocenters. The molecule has 0 aromatic heterocycles. The first-order valence-electron chi connectivity index (χ1n) is 38.5. The molecule has 113 heavy (non-hydrogen) atoms. The van der Waals surface area contributed by atoms with Gasteiger partial charge in [0.05, 0.1) is 0 Å². The van der Waals surface area contributed by atoms with Crippen molar-refractivity contribution in [2.45, 2.75) is 93.2 Å². The van der Waals surface area contributed by atoms with E-state index in [1.165, 1.54) is 184 Å². The number of hydrogen-bond acceptors (Lipinski definition) is 0. The van der Waals surface area contributed by atoms with Crippen LogP contribution in [0.4, 0.5) is 0 Å². The molecular weight excluding hydrogens is 1620 g/mol. The molecule has 0 nitrogen and oxygen atoms in total. The summed E-state index contributed by atoms with van der Waals surface area (Å²) in [5.74, 6) is 0. The Hall–Kier alpha value is -4.90. The standard InChI is InChI=1S/3C21H23P3.C21H22P2.C15H19P3/c22-12-15-1-5-17(6-2-15)19-9-10-21(20(11-19)14-24)18-7-3-16(13-23)4-8-18;22-12-15-1-5-17(6-2-15)19-9-10-20(14-24)21(11-19)18-7-3-16(13-23)4-8-18;22-12-15-1-4-17(5-2-15)18-6-8-19(9-7-18)21-10-3-16(13-23)11-20(21)14-24;1-15-5-10-21(20(11-15)14-23)19-4-2-3-18(12-19)17-8-6-16(13-22)7-9-17;16-8-11-1-4-13(5-2-11)15-6-3-12(9-17)7-14(15)10-18/h3*1-11H,12-14,22-24H2;2-12H,13-14,22-23H2,1H3;1-7H,8-10,16-18H2. The summed E-state index contributed by atoms with van der Waals surface area (Å²) in [7, 11) is 39.2. The van der Waals surface area contributed by atoms with E-state index in [1.807, 2.05) is 0 Å². The van der Waals surface area contributed by atoms with Crippen molar-refractivity contribution in [3.63, 3.8) is 0 Å². The van der Waals surface area contributed by atoms with Crippen molar-refractivity contribution in [2.75, 3.05) is 0 Å². The zero-order valence-corrected chi connectivity index (χ0v) is 81.1. The van der Waals surface area contributed by atoms with Gasteiger partial charge in [0.25, 0.3) is 0 Å². The summed E-state index contributed by atoms with van der Waals surface area (Å²) in [4.78, 5) is 0. The highest BCUT2D eigenvalue weighted by Gasteiger charge is 2.13. The first-order chi connectivity index (χ1) is 55.2. The fourth-order valence-electron chi connectivity index (χ4n) is 13.6. The predicted octanol–water partition coefficient (Wildman–Crippen LogP) is 29.0. The minimum Gasteiger partial charge on any atom is -0.133 e. The summed E-state index contributed by atoms with van der Waals surface area (Å²) in [6, 6.07) is 114. The molecule has 14 rings (SSSR count). The highest BCUT2D eigenvalue weighted by Crippen LogP contribution is 2.37. The molecular formula is C99H110P14. The molecule has 0 radical (unpaired) electrons. The van der Waals surface area contributed by atoms with Crippen LogP contribution in [-0.2, 0) is 86.3 Å². The van der Waals surface area contributed by atoms with Gasteiger partial charge in [0.2, 0.25) is 0 Å². The van der Waals surface area contributed by atoms with Crippen molar-refractivity contribution in [2.24, 2.45) is 0 Å². The summed E-state index contributed by atoms with van der Waals surface area (Å²) in [5, 5.41) is 0. The maximum absolute atomic E-state index is 2.87. The Morgan fingerprint density at radius 3 is 0.708 bits per heavy atom. The summed E-state index contributed by atoms with van der Waals surface area (Å²) in [5.41, 5.74) is 43.7. The highest BCUT2D eigenvalue weighted by atomic mass is 31.0. The van der Waals surface area contributed by atoms with Gasteiger partial charge in [-0.05, 0) is 283 Å². The van der Waals surface area contributed by atoms with Crippen molar-refractivity contribution in [3.05, 3.63) is 393 Å². The van der Waals surface area contributed by atoms with Gasteiger partial charge < -0.3 is 0 Å². The average Bonchev–Trinajstić information content (AvgIpc) is 0.830. The third-order valence-electron chi connectivity index (χ3n) is 20.3. The highest BCUT2D eigenvalue weighted by molar-refractivity contribution is 7.17. The number of hydrogen-bond donors (Lipinski definition) is 0. The molecule has 0 N–H and O–H groups in total. The predicted molar refractivity (Wildman–Crippen MR) is 554 cm³/mol. The smallest absolute Gasteiger partial charge is 0.0122 e. The van der Waals surface area contributed by atoms with Crippen LogP contribution in [0.3, 0.4) is 0 Å². The molecule has 0 aliphatic carbocycles. The largest absolute Gasteiger partial charge is 0.133 e. The van der Waals surface area contributed by atoms with Crippen LogP contribution in [0.15, 0.2) is 309 Å². The average molecular weight is 1730 g/mol. The van der Waals surface area contributed by atoms with E-state index >= 15 is 0 Å². The van der Waals surface area contributed by atoms with E-state index in [9.17, 15) is 0 Å². The lowest BCUT2D eigenvalue weighted by atomic mass is 9.94. The van der Waals surface area contributed by atoms with Crippen LogP contribution in [0.1, 0.15) is 83.5 Å². The van der Waals surface area contributed by atoms with Gasteiger partial charge >= 0.3 is 0 Å². The van der Waals surface area contributed by atoms with Crippen LogP contribution in [-0.4, -0.2) is 0 Å². The second kappa shape index (κ2) is 47.6. The van der Waals surface area contributed by atoms with Crippen molar-refractivity contribution in [3.8, 4) is 100 Å². The molecule has 0 bridgehead atoms. The van der Waals surface area contributed by atoms with Crippen LogP contribution in [0.25, 0.3) is 100 Å². The van der Waals surface area contributed by atoms with Crippen molar-refractivity contribution in [1.82, 2.24) is 0 Å². The van der Waals surface area contributed by atoms with Crippen LogP contribution in [0.2, 0.25) is 0 Å². The molecule has 14 atom stereocenters. The molecule has 0 aliphatic rings. The number of benzene rings is 14. The van der Waals surface area contributed by atoms with Gasteiger partial charge in [-0.25, -0.2) is 0 Å². The summed E-state index contributed by atoms with van der Waals surface area (Å²) in [6.45, 7) is 2.15. The molecule has 0 spiro atoms. The summed E-state index contributed by atoms with van der Waals surface area (Å²) >= 11 is 0. The second-order valence-corrected chi connectivity index (χ2v) is 33.5. The SMILES string of the molecule is Cc1ccc(-c2cccc(-c3ccc(CP)cc3)c2)c(CP)c1.PCc1ccc(-c2ccc(-c3ccc(CP)cc3)c(CP)c2)cc1.PCc1ccc(-c2ccc(-c3ccc(CP)cc3CP)cc2)cc1.PCc1ccc(-c2ccc(CP)c(-c3ccc(CP)cc3)c2)cc1.PCc1ccc(-c2ccc(CP)cc2CP)cc1. The van der Waals surface area contributed by atoms with Crippen LogP contribution < -0.4 is 0 Å². The van der Waals surface area contributed by atoms with Gasteiger partial charge in [0.1, 0.15) is 0 Å². The van der Waals surface area contributed by atoms with Crippen LogP contribution in [0, 0.1) is 6.92 Å². The quantitative estimate of drug-likeness (QED) is 0.0560. The summed E-state index contributed by atoms with van der Waals surface area (Å²) in [6.07, 6.45) is 13.9. The van der Waals surface area contributed by atoms with E-state index in [0.717, 1.165) is 86.3 Å². The number of rotatable bonds is 23. The molecule has 0 fully saturated rings. The van der Waals surface area contributed by atoms with E-state index in [0.29, 0.717) is 0 Å². The molecule has 14 aromatic carbocycles. The van der Waals surface area contributed by atoms with Crippen molar-refractivity contribution < 1.29 is 0 Å². The Balaban J connectivity index is 0.000000150. The van der Waals surface area contributed by atoms with E-state index in [-0.39, 0.29) is 0 Å². The van der Waals surface area contributed by atoms with E-state index in [1.54, 1.807) is 0 Å². The molecule has 14 heteroatoms. The molecule has 0 aliphatic heterocycles. The molecule has 576 valence electrons.